The first-order chi connectivity index (χ1) is 8.13. The maximum Gasteiger partial charge on any atom is 0.222 e. The fourth-order valence-electron chi connectivity index (χ4n) is 1.47. The van der Waals surface area contributed by atoms with Crippen molar-refractivity contribution in [3.8, 4) is 0 Å². The maximum absolute atomic E-state index is 11.4. The van der Waals surface area contributed by atoms with E-state index in [0.29, 0.717) is 19.6 Å². The lowest BCUT2D eigenvalue weighted by atomic mass is 10.1. The lowest BCUT2D eigenvalue weighted by Gasteiger charge is -2.09. The number of benzene rings is 1. The van der Waals surface area contributed by atoms with Crippen molar-refractivity contribution < 1.29 is 9.53 Å². The minimum absolute atomic E-state index is 0.00181. The average molecular weight is 236 g/mol. The molecule has 0 saturated carbocycles. The Bertz CT molecular complexity index is 364. The minimum Gasteiger partial charge on any atom is -0.384 e. The van der Waals surface area contributed by atoms with Gasteiger partial charge < -0.3 is 15.8 Å². The van der Waals surface area contributed by atoms with Crippen LogP contribution in [-0.2, 0) is 16.1 Å². The highest BCUT2D eigenvalue weighted by Crippen LogP contribution is 2.11. The highest BCUT2D eigenvalue weighted by Gasteiger charge is 2.03. The van der Waals surface area contributed by atoms with Crippen LogP contribution in [0, 0.1) is 0 Å². The molecule has 3 N–H and O–H groups in total. The molecular weight excluding hydrogens is 216 g/mol. The number of amides is 1. The number of ether oxygens (including phenoxy) is 1. The molecule has 94 valence electrons. The second kappa shape index (κ2) is 7.04. The summed E-state index contributed by atoms with van der Waals surface area (Å²) in [6.07, 6.45) is 0.392. The van der Waals surface area contributed by atoms with Gasteiger partial charge in [0.05, 0.1) is 6.61 Å². The fourth-order valence-corrected chi connectivity index (χ4v) is 1.47. The van der Waals surface area contributed by atoms with Crippen molar-refractivity contribution in [1.82, 2.24) is 5.32 Å². The fraction of sp³-hybridized carbons (Fsp3) is 0.462. The standard InChI is InChI=1S/C13H20N2O2/c1-10(14)12-5-3-4-11(8-12)9-15-13(16)6-7-17-2/h3-5,8,10H,6-7,9,14H2,1-2H3,(H,15,16). The molecule has 0 heterocycles. The van der Waals surface area contributed by atoms with Crippen molar-refractivity contribution in [1.29, 1.82) is 0 Å². The highest BCUT2D eigenvalue weighted by molar-refractivity contribution is 5.75. The summed E-state index contributed by atoms with van der Waals surface area (Å²) >= 11 is 0. The molecule has 17 heavy (non-hydrogen) atoms. The molecule has 0 aliphatic carbocycles. The van der Waals surface area contributed by atoms with E-state index >= 15 is 0 Å². The number of rotatable bonds is 6. The molecule has 1 aromatic rings. The van der Waals surface area contributed by atoms with Crippen molar-refractivity contribution in [3.05, 3.63) is 35.4 Å². The molecule has 1 atom stereocenters. The first kappa shape index (κ1) is 13.7. The Labute approximate surface area is 102 Å². The van der Waals surface area contributed by atoms with Crippen LogP contribution in [0.3, 0.4) is 0 Å². The summed E-state index contributed by atoms with van der Waals surface area (Å²) in [5, 5.41) is 2.84. The summed E-state index contributed by atoms with van der Waals surface area (Å²) in [5.74, 6) is -0.00181. The quantitative estimate of drug-likeness (QED) is 0.784. The molecule has 0 aromatic heterocycles. The van der Waals surface area contributed by atoms with Gasteiger partial charge in [-0.25, -0.2) is 0 Å². The SMILES string of the molecule is COCCC(=O)NCc1cccc(C(C)N)c1. The summed E-state index contributed by atoms with van der Waals surface area (Å²) in [6.45, 7) is 2.92. The number of nitrogens with two attached hydrogens (primary N) is 1. The average Bonchev–Trinajstić information content (AvgIpc) is 2.34. The van der Waals surface area contributed by atoms with Gasteiger partial charge in [0.15, 0.2) is 0 Å². The molecule has 0 aliphatic rings. The predicted molar refractivity (Wildman–Crippen MR) is 67.4 cm³/mol. The minimum atomic E-state index is -0.00181. The summed E-state index contributed by atoms with van der Waals surface area (Å²) in [4.78, 5) is 11.4. The van der Waals surface area contributed by atoms with Gasteiger partial charge >= 0.3 is 0 Å². The van der Waals surface area contributed by atoms with E-state index in [0.717, 1.165) is 11.1 Å². The zero-order valence-electron chi connectivity index (χ0n) is 10.4. The van der Waals surface area contributed by atoms with E-state index in [4.69, 9.17) is 10.5 Å². The van der Waals surface area contributed by atoms with Gasteiger partial charge in [-0.1, -0.05) is 24.3 Å². The summed E-state index contributed by atoms with van der Waals surface area (Å²) in [5.41, 5.74) is 7.94. The van der Waals surface area contributed by atoms with Crippen LogP contribution in [0.1, 0.15) is 30.5 Å². The number of carbonyl (C=O) groups is 1. The van der Waals surface area contributed by atoms with Crippen LogP contribution in [0.4, 0.5) is 0 Å². The Balaban J connectivity index is 2.46. The monoisotopic (exact) mass is 236 g/mol. The second-order valence-corrected chi connectivity index (χ2v) is 4.05. The summed E-state index contributed by atoms with van der Waals surface area (Å²) in [7, 11) is 1.58. The van der Waals surface area contributed by atoms with E-state index in [1.807, 2.05) is 31.2 Å². The Morgan fingerprint density at radius 1 is 1.53 bits per heavy atom. The lowest BCUT2D eigenvalue weighted by Crippen LogP contribution is -2.23. The van der Waals surface area contributed by atoms with E-state index in [2.05, 4.69) is 5.32 Å². The molecule has 0 aliphatic heterocycles. The molecule has 0 bridgehead atoms. The van der Waals surface area contributed by atoms with Crippen LogP contribution in [0.15, 0.2) is 24.3 Å². The third-order valence-corrected chi connectivity index (χ3v) is 2.50. The first-order valence-electron chi connectivity index (χ1n) is 5.73. The molecule has 0 saturated heterocycles. The normalized spacial score (nSPS) is 12.2. The predicted octanol–water partition coefficient (Wildman–Crippen LogP) is 1.36. The molecular formula is C13H20N2O2. The third kappa shape index (κ3) is 4.97. The molecule has 1 aromatic carbocycles. The van der Waals surface area contributed by atoms with E-state index in [1.54, 1.807) is 7.11 Å². The van der Waals surface area contributed by atoms with Crippen LogP contribution in [-0.4, -0.2) is 19.6 Å². The van der Waals surface area contributed by atoms with E-state index in [1.165, 1.54) is 0 Å². The Morgan fingerprint density at radius 2 is 2.29 bits per heavy atom. The number of methoxy groups -OCH3 is 1. The molecule has 0 radical (unpaired) electrons. The van der Waals surface area contributed by atoms with Gasteiger partial charge in [-0.15, -0.1) is 0 Å². The van der Waals surface area contributed by atoms with Gasteiger partial charge in [0.1, 0.15) is 0 Å². The Hall–Kier alpha value is -1.39. The van der Waals surface area contributed by atoms with Gasteiger partial charge in [-0.05, 0) is 18.1 Å². The highest BCUT2D eigenvalue weighted by atomic mass is 16.5. The molecule has 4 nitrogen and oxygen atoms in total. The first-order valence-corrected chi connectivity index (χ1v) is 5.73. The van der Waals surface area contributed by atoms with Gasteiger partial charge in [0, 0.05) is 26.1 Å². The summed E-state index contributed by atoms with van der Waals surface area (Å²) < 4.78 is 4.84. The van der Waals surface area contributed by atoms with Crippen LogP contribution < -0.4 is 11.1 Å². The smallest absolute Gasteiger partial charge is 0.222 e. The zero-order chi connectivity index (χ0) is 12.7. The Morgan fingerprint density at radius 3 is 2.94 bits per heavy atom. The van der Waals surface area contributed by atoms with Crippen molar-refractivity contribution in [3.63, 3.8) is 0 Å². The zero-order valence-corrected chi connectivity index (χ0v) is 10.4. The van der Waals surface area contributed by atoms with Gasteiger partial charge in [0.25, 0.3) is 0 Å². The molecule has 0 fully saturated rings. The molecule has 0 spiro atoms. The van der Waals surface area contributed by atoms with E-state index in [-0.39, 0.29) is 11.9 Å². The van der Waals surface area contributed by atoms with Crippen molar-refractivity contribution in [2.45, 2.75) is 25.9 Å². The van der Waals surface area contributed by atoms with Crippen LogP contribution in [0.2, 0.25) is 0 Å². The lowest BCUT2D eigenvalue weighted by molar-refractivity contribution is -0.122. The number of nitrogens with one attached hydrogen (secondary N) is 1. The number of hydrogen-bond acceptors (Lipinski definition) is 3. The Kier molecular flexibility index (Phi) is 5.66. The van der Waals surface area contributed by atoms with Crippen LogP contribution in [0.25, 0.3) is 0 Å². The molecule has 1 rings (SSSR count). The largest absolute Gasteiger partial charge is 0.384 e. The molecule has 1 amide bonds. The third-order valence-electron chi connectivity index (χ3n) is 2.50. The van der Waals surface area contributed by atoms with Gasteiger partial charge in [-0.2, -0.15) is 0 Å². The van der Waals surface area contributed by atoms with Crippen molar-refractivity contribution in [2.24, 2.45) is 5.73 Å². The number of hydrogen-bond donors (Lipinski definition) is 2. The molecule has 1 unspecified atom stereocenters. The van der Waals surface area contributed by atoms with E-state index < -0.39 is 0 Å². The van der Waals surface area contributed by atoms with Gasteiger partial charge in [-0.3, -0.25) is 4.79 Å². The van der Waals surface area contributed by atoms with Crippen molar-refractivity contribution in [2.75, 3.05) is 13.7 Å². The topological polar surface area (TPSA) is 64.3 Å². The second-order valence-electron chi connectivity index (χ2n) is 4.05. The van der Waals surface area contributed by atoms with Crippen LogP contribution >= 0.6 is 0 Å². The molecule has 4 heteroatoms. The van der Waals surface area contributed by atoms with Crippen LogP contribution in [0.5, 0.6) is 0 Å². The summed E-state index contributed by atoms with van der Waals surface area (Å²) in [6, 6.07) is 7.94. The number of carbonyl (C=O) groups excluding carboxylic acids is 1. The van der Waals surface area contributed by atoms with Gasteiger partial charge in [0.2, 0.25) is 5.91 Å². The maximum atomic E-state index is 11.4. The van der Waals surface area contributed by atoms with E-state index in [9.17, 15) is 4.79 Å². The van der Waals surface area contributed by atoms with Crippen molar-refractivity contribution >= 4 is 5.91 Å².